The summed E-state index contributed by atoms with van der Waals surface area (Å²) in [6.45, 7) is 2.66. The molecule has 0 saturated carbocycles. The van der Waals surface area contributed by atoms with Crippen LogP contribution in [0.25, 0.3) is 0 Å². The summed E-state index contributed by atoms with van der Waals surface area (Å²) >= 11 is 0. The predicted molar refractivity (Wildman–Crippen MR) is 149 cm³/mol. The van der Waals surface area contributed by atoms with Crippen molar-refractivity contribution in [3.05, 3.63) is 125 Å². The minimum atomic E-state index is -0.354. The number of ether oxygens (including phenoxy) is 1. The average Bonchev–Trinajstić information content (AvgIpc) is 3.32. The van der Waals surface area contributed by atoms with Gasteiger partial charge in [-0.2, -0.15) is 5.10 Å². The molecule has 0 atom stereocenters. The maximum atomic E-state index is 13.9. The van der Waals surface area contributed by atoms with Gasteiger partial charge in [-0.05, 0) is 43.0 Å². The normalized spacial score (nSPS) is 13.5. The number of nitrogens with one attached hydrogen (secondary N) is 1. The number of fused-ring (bicyclic) bond motifs is 1. The molecule has 0 saturated heterocycles. The zero-order valence-corrected chi connectivity index (χ0v) is 21.9. The number of rotatable bonds is 9. The van der Waals surface area contributed by atoms with Crippen LogP contribution in [0.5, 0.6) is 5.75 Å². The van der Waals surface area contributed by atoms with Crippen molar-refractivity contribution in [3.8, 4) is 5.75 Å². The summed E-state index contributed by atoms with van der Waals surface area (Å²) in [6.07, 6.45) is 2.21. The molecule has 5 rings (SSSR count). The van der Waals surface area contributed by atoms with E-state index in [1.807, 2.05) is 90.7 Å². The van der Waals surface area contributed by atoms with Crippen LogP contribution in [0.15, 0.2) is 101 Å². The number of furan rings is 1. The highest BCUT2D eigenvalue weighted by molar-refractivity contribution is 6.06. The maximum Gasteiger partial charge on any atom is 0.290 e. The molecule has 4 aromatic rings. The van der Waals surface area contributed by atoms with Gasteiger partial charge in [-0.15, -0.1) is 0 Å². The van der Waals surface area contributed by atoms with Gasteiger partial charge in [-0.25, -0.2) is 5.43 Å². The summed E-state index contributed by atoms with van der Waals surface area (Å²) in [5.41, 5.74) is 6.95. The van der Waals surface area contributed by atoms with Crippen molar-refractivity contribution in [2.45, 2.75) is 39.3 Å². The third kappa shape index (κ3) is 6.44. The van der Waals surface area contributed by atoms with Crippen LogP contribution in [0.3, 0.4) is 0 Å². The van der Waals surface area contributed by atoms with E-state index < -0.39 is 0 Å². The van der Waals surface area contributed by atoms with Crippen molar-refractivity contribution in [2.24, 2.45) is 5.10 Å². The number of hydrazone groups is 1. The molecule has 39 heavy (non-hydrogen) atoms. The van der Waals surface area contributed by atoms with Gasteiger partial charge in [-0.3, -0.25) is 9.59 Å². The van der Waals surface area contributed by atoms with E-state index in [-0.39, 0.29) is 18.4 Å². The van der Waals surface area contributed by atoms with E-state index in [0.717, 1.165) is 34.4 Å². The van der Waals surface area contributed by atoms with E-state index in [9.17, 15) is 9.59 Å². The fourth-order valence-electron chi connectivity index (χ4n) is 4.76. The second kappa shape index (κ2) is 12.3. The molecule has 0 spiro atoms. The zero-order valence-electron chi connectivity index (χ0n) is 21.9. The van der Waals surface area contributed by atoms with E-state index >= 15 is 0 Å². The van der Waals surface area contributed by atoms with Crippen LogP contribution < -0.4 is 10.2 Å². The Kier molecular flexibility index (Phi) is 8.17. The highest BCUT2D eigenvalue weighted by Crippen LogP contribution is 2.31. The smallest absolute Gasteiger partial charge is 0.290 e. The van der Waals surface area contributed by atoms with Gasteiger partial charge in [0.2, 0.25) is 0 Å². The van der Waals surface area contributed by atoms with Crippen LogP contribution >= 0.6 is 0 Å². The molecule has 1 heterocycles. The summed E-state index contributed by atoms with van der Waals surface area (Å²) in [4.78, 5) is 28.1. The van der Waals surface area contributed by atoms with Crippen LogP contribution in [0.1, 0.15) is 51.4 Å². The molecule has 0 aliphatic heterocycles. The van der Waals surface area contributed by atoms with Gasteiger partial charge in [-0.1, -0.05) is 78.9 Å². The Morgan fingerprint density at radius 1 is 0.872 bits per heavy atom. The summed E-state index contributed by atoms with van der Waals surface area (Å²) in [6, 6.07) is 29.0. The molecular weight excluding hydrogens is 490 g/mol. The third-order valence-corrected chi connectivity index (χ3v) is 6.67. The summed E-state index contributed by atoms with van der Waals surface area (Å²) in [5, 5.41) is 4.40. The number of hydrogen-bond acceptors (Lipinski definition) is 5. The molecule has 198 valence electrons. The molecule has 7 nitrogen and oxygen atoms in total. The molecule has 0 unspecified atom stereocenters. The van der Waals surface area contributed by atoms with Crippen molar-refractivity contribution >= 4 is 17.5 Å². The number of carbonyl (C=O) groups is 2. The molecular formula is C32H31N3O4. The fraction of sp³-hybridized carbons (Fsp3) is 0.219. The lowest BCUT2D eigenvalue weighted by molar-refractivity contribution is -0.123. The Morgan fingerprint density at radius 3 is 2.08 bits per heavy atom. The molecule has 1 aromatic heterocycles. The first kappa shape index (κ1) is 26.0. The predicted octanol–water partition coefficient (Wildman–Crippen LogP) is 5.67. The van der Waals surface area contributed by atoms with Crippen molar-refractivity contribution in [3.63, 3.8) is 0 Å². The third-order valence-electron chi connectivity index (χ3n) is 6.67. The van der Waals surface area contributed by atoms with Crippen LogP contribution in [-0.2, 0) is 24.3 Å². The topological polar surface area (TPSA) is 84.1 Å². The van der Waals surface area contributed by atoms with E-state index in [0.29, 0.717) is 43.2 Å². The van der Waals surface area contributed by atoms with Crippen molar-refractivity contribution in [1.82, 2.24) is 10.3 Å². The van der Waals surface area contributed by atoms with Crippen molar-refractivity contribution < 1.29 is 18.7 Å². The van der Waals surface area contributed by atoms with Gasteiger partial charge >= 0.3 is 0 Å². The van der Waals surface area contributed by atoms with E-state index in [1.54, 1.807) is 12.1 Å². The van der Waals surface area contributed by atoms with Gasteiger partial charge in [0, 0.05) is 30.6 Å². The molecule has 1 aliphatic carbocycles. The number of hydrogen-bond donors (Lipinski definition) is 1. The first-order valence-corrected chi connectivity index (χ1v) is 13.1. The van der Waals surface area contributed by atoms with Crippen LogP contribution in [0, 0.1) is 6.92 Å². The van der Waals surface area contributed by atoms with Gasteiger partial charge in [0.05, 0.1) is 5.71 Å². The number of amides is 2. The monoisotopic (exact) mass is 521 g/mol. The summed E-state index contributed by atoms with van der Waals surface area (Å²) < 4.78 is 11.7. The highest BCUT2D eigenvalue weighted by Gasteiger charge is 2.30. The molecule has 0 radical (unpaired) electrons. The summed E-state index contributed by atoms with van der Waals surface area (Å²) in [7, 11) is 0. The highest BCUT2D eigenvalue weighted by atomic mass is 16.5. The lowest BCUT2D eigenvalue weighted by Gasteiger charge is -2.22. The Labute approximate surface area is 228 Å². The Bertz CT molecular complexity index is 1410. The number of aryl methyl sites for hydroxylation is 1. The molecule has 2 amide bonds. The van der Waals surface area contributed by atoms with E-state index in [2.05, 4.69) is 10.5 Å². The number of nitrogens with zero attached hydrogens (tertiary/aromatic N) is 2. The second-order valence-electron chi connectivity index (χ2n) is 9.54. The molecule has 0 bridgehead atoms. The quantitative estimate of drug-likeness (QED) is 0.288. The lowest BCUT2D eigenvalue weighted by Crippen LogP contribution is -2.30. The zero-order chi connectivity index (χ0) is 27.0. The van der Waals surface area contributed by atoms with Gasteiger partial charge in [0.1, 0.15) is 11.5 Å². The standard InChI is InChI=1S/C32H31N3O4/c1-23-30-27(33-34-29(36)22-38-26-16-9-4-10-17-26)18-11-19-28(30)39-31(23)32(37)35(20-24-12-5-2-6-13-24)21-25-14-7-3-8-15-25/h2-10,12-17H,11,18-22H2,1H3,(H,34,36)/b33-27+. The molecule has 1 N–H and O–H groups in total. The first-order valence-electron chi connectivity index (χ1n) is 13.1. The SMILES string of the molecule is Cc1c(C(=O)N(Cc2ccccc2)Cc2ccccc2)oc2c1/C(=N/NC(=O)COc1ccccc1)CCC2. The summed E-state index contributed by atoms with van der Waals surface area (Å²) in [5.74, 6) is 1.14. The van der Waals surface area contributed by atoms with Gasteiger partial charge in [0.25, 0.3) is 11.8 Å². The van der Waals surface area contributed by atoms with Crippen LogP contribution in [0.4, 0.5) is 0 Å². The molecule has 1 aliphatic rings. The van der Waals surface area contributed by atoms with E-state index in [4.69, 9.17) is 9.15 Å². The van der Waals surface area contributed by atoms with Crippen LogP contribution in [-0.4, -0.2) is 29.0 Å². The lowest BCUT2D eigenvalue weighted by atomic mass is 9.93. The largest absolute Gasteiger partial charge is 0.484 e. The number of carbonyl (C=O) groups excluding carboxylic acids is 2. The molecule has 7 heteroatoms. The Balaban J connectivity index is 1.35. The fourth-order valence-corrected chi connectivity index (χ4v) is 4.76. The van der Waals surface area contributed by atoms with Crippen molar-refractivity contribution in [1.29, 1.82) is 0 Å². The number of benzene rings is 3. The average molecular weight is 522 g/mol. The maximum absolute atomic E-state index is 13.9. The van der Waals surface area contributed by atoms with Crippen molar-refractivity contribution in [2.75, 3.05) is 6.61 Å². The second-order valence-corrected chi connectivity index (χ2v) is 9.54. The Hall–Kier alpha value is -4.65. The van der Waals surface area contributed by atoms with Crippen LogP contribution in [0.2, 0.25) is 0 Å². The van der Waals surface area contributed by atoms with Gasteiger partial charge in [0.15, 0.2) is 12.4 Å². The first-order chi connectivity index (χ1) is 19.1. The van der Waals surface area contributed by atoms with E-state index in [1.165, 1.54) is 0 Å². The minimum Gasteiger partial charge on any atom is -0.484 e. The molecule has 3 aromatic carbocycles. The Morgan fingerprint density at radius 2 is 1.46 bits per heavy atom. The number of para-hydroxylation sites is 1. The molecule has 0 fully saturated rings. The van der Waals surface area contributed by atoms with Gasteiger partial charge < -0.3 is 14.1 Å². The minimum absolute atomic E-state index is 0.143.